The SMILES string of the molecule is CC1=C(CCOC23C=C(/C=C4\CN(C(=O)Oc5ccccc5)CC4C(=O)O)C=CC2C3)NC(c2ccccc2)O1. The van der Waals surface area contributed by atoms with E-state index >= 15 is 0 Å². The highest BCUT2D eigenvalue weighted by Crippen LogP contribution is 2.52. The third-order valence-corrected chi connectivity index (χ3v) is 7.87. The van der Waals surface area contributed by atoms with Crippen LogP contribution in [0.15, 0.2) is 108 Å². The smallest absolute Gasteiger partial charge is 0.415 e. The second kappa shape index (κ2) is 10.7. The largest absolute Gasteiger partial charge is 0.481 e. The number of carboxylic acid groups (broad SMARTS) is 1. The van der Waals surface area contributed by atoms with E-state index in [-0.39, 0.29) is 24.9 Å². The number of aliphatic carboxylic acids is 1. The predicted octanol–water partition coefficient (Wildman–Crippen LogP) is 5.34. The Morgan fingerprint density at radius 3 is 2.65 bits per heavy atom. The quantitative estimate of drug-likeness (QED) is 0.467. The number of amides is 1. The number of carbonyl (C=O) groups is 2. The average Bonchev–Trinajstić information content (AvgIpc) is 3.29. The lowest BCUT2D eigenvalue weighted by atomic mass is 9.97. The summed E-state index contributed by atoms with van der Waals surface area (Å²) in [5.41, 5.74) is 3.31. The number of carboxylic acids is 1. The van der Waals surface area contributed by atoms with Crippen molar-refractivity contribution in [2.45, 2.75) is 31.6 Å². The molecule has 206 valence electrons. The highest BCUT2D eigenvalue weighted by molar-refractivity contribution is 5.79. The molecule has 8 heteroatoms. The van der Waals surface area contributed by atoms with Gasteiger partial charge in [0.1, 0.15) is 11.5 Å². The summed E-state index contributed by atoms with van der Waals surface area (Å²) >= 11 is 0. The number of likely N-dealkylation sites (tertiary alicyclic amines) is 1. The highest BCUT2D eigenvalue weighted by atomic mass is 16.6. The van der Waals surface area contributed by atoms with E-state index in [1.807, 2.05) is 55.5 Å². The van der Waals surface area contributed by atoms with Crippen LogP contribution in [0.1, 0.15) is 31.6 Å². The van der Waals surface area contributed by atoms with Gasteiger partial charge in [0.2, 0.25) is 0 Å². The lowest BCUT2D eigenvalue weighted by Crippen LogP contribution is -2.32. The molecule has 2 fully saturated rings. The van der Waals surface area contributed by atoms with E-state index in [1.165, 1.54) is 4.90 Å². The van der Waals surface area contributed by atoms with Gasteiger partial charge in [-0.3, -0.25) is 4.79 Å². The van der Waals surface area contributed by atoms with Gasteiger partial charge in [0.15, 0.2) is 6.23 Å². The first kappa shape index (κ1) is 26.0. The van der Waals surface area contributed by atoms with Gasteiger partial charge >= 0.3 is 12.1 Å². The Hall–Kier alpha value is -4.30. The molecule has 2 aliphatic carbocycles. The van der Waals surface area contributed by atoms with Crippen LogP contribution in [0, 0.1) is 11.8 Å². The summed E-state index contributed by atoms with van der Waals surface area (Å²) in [6.45, 7) is 2.77. The Kier molecular flexibility index (Phi) is 6.94. The zero-order valence-electron chi connectivity index (χ0n) is 22.3. The molecule has 2 aromatic rings. The Balaban J connectivity index is 1.08. The summed E-state index contributed by atoms with van der Waals surface area (Å²) in [5, 5.41) is 13.3. The third-order valence-electron chi connectivity index (χ3n) is 7.87. The van der Waals surface area contributed by atoms with Crippen molar-refractivity contribution in [2.75, 3.05) is 19.7 Å². The van der Waals surface area contributed by atoms with Crippen molar-refractivity contribution in [1.82, 2.24) is 10.2 Å². The van der Waals surface area contributed by atoms with Crippen LogP contribution in [-0.2, 0) is 14.3 Å². The Morgan fingerprint density at radius 1 is 1.15 bits per heavy atom. The number of carbonyl (C=O) groups excluding carboxylic acids is 1. The summed E-state index contributed by atoms with van der Waals surface area (Å²) in [7, 11) is 0. The minimum Gasteiger partial charge on any atom is -0.481 e. The minimum atomic E-state index is -0.958. The maximum absolute atomic E-state index is 12.7. The number of nitrogens with zero attached hydrogens (tertiary/aromatic N) is 1. The van der Waals surface area contributed by atoms with Crippen molar-refractivity contribution in [3.05, 3.63) is 113 Å². The van der Waals surface area contributed by atoms with Crippen LogP contribution in [0.4, 0.5) is 4.79 Å². The van der Waals surface area contributed by atoms with E-state index < -0.39 is 18.0 Å². The molecule has 2 heterocycles. The van der Waals surface area contributed by atoms with E-state index in [9.17, 15) is 14.7 Å². The van der Waals surface area contributed by atoms with Crippen molar-refractivity contribution in [3.8, 4) is 5.75 Å². The topological polar surface area (TPSA) is 97.3 Å². The molecule has 4 atom stereocenters. The summed E-state index contributed by atoms with van der Waals surface area (Å²) in [4.78, 5) is 26.2. The maximum atomic E-state index is 12.7. The molecule has 0 radical (unpaired) electrons. The van der Waals surface area contributed by atoms with E-state index in [1.54, 1.807) is 24.3 Å². The fourth-order valence-corrected chi connectivity index (χ4v) is 5.57. The number of hydrogen-bond donors (Lipinski definition) is 2. The van der Waals surface area contributed by atoms with Gasteiger partial charge in [0.05, 0.1) is 23.8 Å². The lowest BCUT2D eigenvalue weighted by Gasteiger charge is -2.18. The molecule has 0 spiro atoms. The van der Waals surface area contributed by atoms with Crippen molar-refractivity contribution in [1.29, 1.82) is 0 Å². The van der Waals surface area contributed by atoms with Crippen LogP contribution in [0.3, 0.4) is 0 Å². The second-order valence-electron chi connectivity index (χ2n) is 10.6. The minimum absolute atomic E-state index is 0.0710. The number of rotatable bonds is 8. The molecule has 8 nitrogen and oxygen atoms in total. The zero-order chi connectivity index (χ0) is 27.7. The summed E-state index contributed by atoms with van der Waals surface area (Å²) in [6, 6.07) is 18.8. The molecule has 4 aliphatic rings. The van der Waals surface area contributed by atoms with Crippen molar-refractivity contribution in [2.24, 2.45) is 11.8 Å². The molecule has 40 heavy (non-hydrogen) atoms. The first-order valence-corrected chi connectivity index (χ1v) is 13.6. The Labute approximate surface area is 233 Å². The van der Waals surface area contributed by atoms with Crippen LogP contribution in [0.25, 0.3) is 0 Å². The summed E-state index contributed by atoms with van der Waals surface area (Å²) < 4.78 is 17.8. The van der Waals surface area contributed by atoms with E-state index in [4.69, 9.17) is 14.2 Å². The van der Waals surface area contributed by atoms with Gasteiger partial charge in [-0.25, -0.2) is 4.79 Å². The summed E-state index contributed by atoms with van der Waals surface area (Å²) in [5.74, 6) is -0.128. The van der Waals surface area contributed by atoms with Gasteiger partial charge < -0.3 is 29.5 Å². The normalized spacial score (nSPS) is 27.6. The van der Waals surface area contributed by atoms with Crippen molar-refractivity contribution in [3.63, 3.8) is 0 Å². The third kappa shape index (κ3) is 5.40. The molecule has 2 aliphatic heterocycles. The average molecular weight is 541 g/mol. The van der Waals surface area contributed by atoms with Gasteiger partial charge in [0, 0.05) is 31.0 Å². The number of fused-ring (bicyclic) bond motifs is 1. The molecular formula is C32H32N2O6. The Bertz CT molecular complexity index is 1410. The zero-order valence-corrected chi connectivity index (χ0v) is 22.3. The van der Waals surface area contributed by atoms with Crippen LogP contribution in [0.2, 0.25) is 0 Å². The van der Waals surface area contributed by atoms with Gasteiger partial charge in [-0.2, -0.15) is 0 Å². The molecule has 0 aromatic heterocycles. The number of nitrogens with one attached hydrogen (secondary N) is 1. The molecule has 6 rings (SSSR count). The first-order valence-electron chi connectivity index (χ1n) is 13.6. The molecule has 1 saturated carbocycles. The van der Waals surface area contributed by atoms with Crippen LogP contribution in [0.5, 0.6) is 5.75 Å². The van der Waals surface area contributed by atoms with Gasteiger partial charge in [-0.1, -0.05) is 66.8 Å². The van der Waals surface area contributed by atoms with Crippen LogP contribution < -0.4 is 10.1 Å². The monoisotopic (exact) mass is 540 g/mol. The number of para-hydroxylation sites is 1. The molecule has 2 aromatic carbocycles. The molecule has 1 saturated heterocycles. The van der Waals surface area contributed by atoms with Gasteiger partial charge in [0.25, 0.3) is 0 Å². The summed E-state index contributed by atoms with van der Waals surface area (Å²) in [6.07, 6.45) is 8.98. The predicted molar refractivity (Wildman–Crippen MR) is 148 cm³/mol. The number of allylic oxidation sites excluding steroid dienone is 4. The van der Waals surface area contributed by atoms with Gasteiger partial charge in [-0.05, 0) is 42.7 Å². The first-order chi connectivity index (χ1) is 19.4. The second-order valence-corrected chi connectivity index (χ2v) is 10.6. The molecular weight excluding hydrogens is 508 g/mol. The molecule has 0 bridgehead atoms. The van der Waals surface area contributed by atoms with Crippen molar-refractivity contribution < 1.29 is 28.9 Å². The standard InChI is InChI=1S/C32H32N2O6/c1-21-28(33-29(39-21)23-8-4-2-5-9-23)14-15-38-32-17-22(12-13-25(32)18-32)16-24-19-34(20-27(24)30(35)36)31(37)40-26-10-6-3-7-11-26/h2-13,16-17,25,27,29,33H,14-15,18-20H2,1H3,(H,35,36)/b24-16+. The number of benzene rings is 2. The molecule has 4 unspecified atom stereocenters. The number of hydrogen-bond acceptors (Lipinski definition) is 6. The lowest BCUT2D eigenvalue weighted by molar-refractivity contribution is -0.140. The fourth-order valence-electron chi connectivity index (χ4n) is 5.57. The molecule has 1 amide bonds. The Morgan fingerprint density at radius 2 is 1.90 bits per heavy atom. The van der Waals surface area contributed by atoms with Crippen LogP contribution >= 0.6 is 0 Å². The fraction of sp³-hybridized carbons (Fsp3) is 0.312. The molecule has 2 N–H and O–H groups in total. The van der Waals surface area contributed by atoms with E-state index in [2.05, 4.69) is 17.5 Å². The number of ether oxygens (including phenoxy) is 3. The van der Waals surface area contributed by atoms with E-state index in [0.717, 1.165) is 29.0 Å². The highest BCUT2D eigenvalue weighted by Gasteiger charge is 2.53. The van der Waals surface area contributed by atoms with Crippen LogP contribution in [-0.4, -0.2) is 47.4 Å². The maximum Gasteiger partial charge on any atom is 0.415 e. The van der Waals surface area contributed by atoms with Gasteiger partial charge in [-0.15, -0.1) is 0 Å². The van der Waals surface area contributed by atoms with Crippen molar-refractivity contribution >= 4 is 12.1 Å². The van der Waals surface area contributed by atoms with E-state index in [0.29, 0.717) is 30.3 Å².